The predicted molar refractivity (Wildman–Crippen MR) is 47.2 cm³/mol. The maximum atomic E-state index is 5.33. The first-order valence-electron chi connectivity index (χ1n) is 4.12. The van der Waals surface area contributed by atoms with Gasteiger partial charge in [0.05, 0.1) is 6.10 Å². The summed E-state index contributed by atoms with van der Waals surface area (Å²) in [6.45, 7) is 1.15. The number of ether oxygens (including phenoxy) is 1. The molecule has 1 aliphatic carbocycles. The van der Waals surface area contributed by atoms with Crippen molar-refractivity contribution in [3.63, 3.8) is 0 Å². The minimum absolute atomic E-state index is 0. The fourth-order valence-corrected chi connectivity index (χ4v) is 1.84. The largest absolute Gasteiger partial charge is 0.381 e. The van der Waals surface area contributed by atoms with Crippen molar-refractivity contribution in [2.24, 2.45) is 0 Å². The molecule has 1 unspecified atom stereocenters. The monoisotopic (exact) mass is 177 g/mol. The Hall–Kier alpha value is 0.210. The van der Waals surface area contributed by atoms with E-state index in [1.54, 1.807) is 0 Å². The van der Waals surface area contributed by atoms with Crippen LogP contribution in [0.4, 0.5) is 0 Å². The molecule has 1 spiro atoms. The molecule has 2 rings (SSSR count). The second-order valence-electron chi connectivity index (χ2n) is 3.56. The summed E-state index contributed by atoms with van der Waals surface area (Å²) >= 11 is 0. The topological polar surface area (TPSA) is 21.3 Å². The van der Waals surface area contributed by atoms with Crippen LogP contribution in [0.1, 0.15) is 25.7 Å². The molecular weight excluding hydrogens is 162 g/mol. The van der Waals surface area contributed by atoms with Gasteiger partial charge in [-0.1, -0.05) is 0 Å². The Balaban J connectivity index is 0.000000605. The highest BCUT2D eigenvalue weighted by molar-refractivity contribution is 5.85. The number of halogens is 1. The number of nitrogens with one attached hydrogen (secondary N) is 1. The molecule has 1 saturated heterocycles. The van der Waals surface area contributed by atoms with Crippen molar-refractivity contribution in [3.05, 3.63) is 0 Å². The zero-order valence-corrected chi connectivity index (χ0v) is 7.75. The van der Waals surface area contributed by atoms with E-state index in [2.05, 4.69) is 5.32 Å². The minimum atomic E-state index is 0. The van der Waals surface area contributed by atoms with Crippen LogP contribution in [-0.2, 0) is 4.74 Å². The Morgan fingerprint density at radius 3 is 2.73 bits per heavy atom. The molecule has 0 aromatic carbocycles. The van der Waals surface area contributed by atoms with Crippen LogP contribution in [0.25, 0.3) is 0 Å². The van der Waals surface area contributed by atoms with Gasteiger partial charge in [0.15, 0.2) is 0 Å². The molecule has 0 aromatic rings. The summed E-state index contributed by atoms with van der Waals surface area (Å²) in [4.78, 5) is 0. The first-order chi connectivity index (χ1) is 4.85. The molecule has 0 amide bonds. The van der Waals surface area contributed by atoms with Crippen LogP contribution in [0.3, 0.4) is 0 Å². The van der Waals surface area contributed by atoms with E-state index in [0.29, 0.717) is 11.6 Å². The third-order valence-electron chi connectivity index (χ3n) is 2.77. The summed E-state index contributed by atoms with van der Waals surface area (Å²) in [7, 11) is 1.83. The molecular formula is C8H16ClNO. The van der Waals surface area contributed by atoms with Gasteiger partial charge in [0.2, 0.25) is 0 Å². The summed E-state index contributed by atoms with van der Waals surface area (Å²) in [5.41, 5.74) is 0.527. The molecule has 11 heavy (non-hydrogen) atoms. The Bertz CT molecular complexity index is 136. The van der Waals surface area contributed by atoms with Gasteiger partial charge in [0.1, 0.15) is 0 Å². The molecule has 3 heteroatoms. The van der Waals surface area contributed by atoms with Gasteiger partial charge in [-0.25, -0.2) is 0 Å². The second-order valence-corrected chi connectivity index (χ2v) is 3.56. The molecule has 2 fully saturated rings. The van der Waals surface area contributed by atoms with E-state index in [0.717, 1.165) is 6.54 Å². The van der Waals surface area contributed by atoms with Crippen LogP contribution >= 0.6 is 12.4 Å². The van der Waals surface area contributed by atoms with Gasteiger partial charge in [0.25, 0.3) is 0 Å². The molecule has 2 aliphatic rings. The third kappa shape index (κ3) is 1.86. The Labute approximate surface area is 74.1 Å². The fourth-order valence-electron chi connectivity index (χ4n) is 1.84. The minimum Gasteiger partial charge on any atom is -0.381 e. The fraction of sp³-hybridized carbons (Fsp3) is 1.00. The Kier molecular flexibility index (Phi) is 2.79. The first kappa shape index (κ1) is 9.30. The molecule has 1 saturated carbocycles. The molecule has 1 heterocycles. The summed E-state index contributed by atoms with van der Waals surface area (Å²) in [5, 5.41) is 3.55. The van der Waals surface area contributed by atoms with Gasteiger partial charge < -0.3 is 10.1 Å². The maximum Gasteiger partial charge on any atom is 0.0601 e. The van der Waals surface area contributed by atoms with Crippen LogP contribution in [0.2, 0.25) is 0 Å². The average molecular weight is 178 g/mol. The number of hydrogen-bond acceptors (Lipinski definition) is 2. The number of piperidine rings is 1. The van der Waals surface area contributed by atoms with Crippen LogP contribution in [0, 0.1) is 0 Å². The number of hydrogen-bond donors (Lipinski definition) is 1. The van der Waals surface area contributed by atoms with Gasteiger partial charge in [-0.05, 0) is 32.2 Å². The van der Waals surface area contributed by atoms with Gasteiger partial charge >= 0.3 is 0 Å². The number of methoxy groups -OCH3 is 1. The van der Waals surface area contributed by atoms with E-state index in [1.165, 1.54) is 25.7 Å². The zero-order chi connectivity index (χ0) is 7.03. The standard InChI is InChI=1S/C8H15NO.ClH/c1-10-7-2-5-9-8(6-7)3-4-8;/h7,9H,2-6H2,1H3;1H. The van der Waals surface area contributed by atoms with Crippen molar-refractivity contribution in [2.75, 3.05) is 13.7 Å². The van der Waals surface area contributed by atoms with Gasteiger partial charge in [0, 0.05) is 12.6 Å². The van der Waals surface area contributed by atoms with Crippen molar-refractivity contribution in [1.82, 2.24) is 5.32 Å². The first-order valence-corrected chi connectivity index (χ1v) is 4.12. The maximum absolute atomic E-state index is 5.33. The molecule has 0 radical (unpaired) electrons. The predicted octanol–water partition coefficient (Wildman–Crippen LogP) is 1.34. The molecule has 2 nitrogen and oxygen atoms in total. The molecule has 0 aromatic heterocycles. The van der Waals surface area contributed by atoms with Gasteiger partial charge in [-0.15, -0.1) is 12.4 Å². The molecule has 0 bridgehead atoms. The third-order valence-corrected chi connectivity index (χ3v) is 2.77. The van der Waals surface area contributed by atoms with Gasteiger partial charge in [-0.2, -0.15) is 0 Å². The van der Waals surface area contributed by atoms with Crippen molar-refractivity contribution in [3.8, 4) is 0 Å². The zero-order valence-electron chi connectivity index (χ0n) is 6.93. The van der Waals surface area contributed by atoms with Crippen LogP contribution in [0.5, 0.6) is 0 Å². The lowest BCUT2D eigenvalue weighted by molar-refractivity contribution is 0.0577. The highest BCUT2D eigenvalue weighted by Gasteiger charge is 2.45. The molecule has 1 N–H and O–H groups in total. The second kappa shape index (κ2) is 3.30. The van der Waals surface area contributed by atoms with E-state index in [4.69, 9.17) is 4.74 Å². The van der Waals surface area contributed by atoms with Crippen molar-refractivity contribution in [2.45, 2.75) is 37.3 Å². The van der Waals surface area contributed by atoms with E-state index in [-0.39, 0.29) is 12.4 Å². The lowest BCUT2D eigenvalue weighted by Gasteiger charge is -2.29. The van der Waals surface area contributed by atoms with Gasteiger partial charge in [-0.3, -0.25) is 0 Å². The highest BCUT2D eigenvalue weighted by Crippen LogP contribution is 2.42. The van der Waals surface area contributed by atoms with Crippen molar-refractivity contribution < 1.29 is 4.74 Å². The molecule has 1 aliphatic heterocycles. The normalized spacial score (nSPS) is 33.0. The lowest BCUT2D eigenvalue weighted by Crippen LogP contribution is -2.42. The molecule has 66 valence electrons. The van der Waals surface area contributed by atoms with E-state index >= 15 is 0 Å². The summed E-state index contributed by atoms with van der Waals surface area (Å²) in [6.07, 6.45) is 5.70. The summed E-state index contributed by atoms with van der Waals surface area (Å²) in [5.74, 6) is 0. The van der Waals surface area contributed by atoms with Crippen LogP contribution in [0.15, 0.2) is 0 Å². The lowest BCUT2D eigenvalue weighted by atomic mass is 10.0. The number of rotatable bonds is 1. The Morgan fingerprint density at radius 2 is 2.18 bits per heavy atom. The Morgan fingerprint density at radius 1 is 1.45 bits per heavy atom. The van der Waals surface area contributed by atoms with Crippen LogP contribution < -0.4 is 5.32 Å². The van der Waals surface area contributed by atoms with Crippen molar-refractivity contribution >= 4 is 12.4 Å². The summed E-state index contributed by atoms with van der Waals surface area (Å²) < 4.78 is 5.33. The van der Waals surface area contributed by atoms with E-state index in [1.807, 2.05) is 7.11 Å². The quantitative estimate of drug-likeness (QED) is 0.653. The van der Waals surface area contributed by atoms with Crippen LogP contribution in [-0.4, -0.2) is 25.3 Å². The van der Waals surface area contributed by atoms with E-state index in [9.17, 15) is 0 Å². The smallest absolute Gasteiger partial charge is 0.0601 e. The average Bonchev–Trinajstić information content (AvgIpc) is 2.70. The SMILES string of the molecule is COC1CCNC2(CC2)C1.Cl. The summed E-state index contributed by atoms with van der Waals surface area (Å²) in [6, 6.07) is 0. The molecule has 1 atom stereocenters. The van der Waals surface area contributed by atoms with Crippen molar-refractivity contribution in [1.29, 1.82) is 0 Å². The highest BCUT2D eigenvalue weighted by atomic mass is 35.5. The van der Waals surface area contributed by atoms with E-state index < -0.39 is 0 Å².